The third kappa shape index (κ3) is 20.6. The maximum atomic E-state index is 13.2. The Morgan fingerprint density at radius 2 is 0.828 bits per heavy atom. The minimum Gasteiger partial charge on any atom is -0.458 e. The number of carbonyl (C=O) groups excluding carboxylic acids is 4. The van der Waals surface area contributed by atoms with Crippen LogP contribution in [0.2, 0.25) is 0 Å². The Balaban J connectivity index is 0.000000229. The Hall–Kier alpha value is -8.56. The van der Waals surface area contributed by atoms with E-state index in [1.54, 1.807) is 151 Å². The Bertz CT molecular complexity index is 3290. The van der Waals surface area contributed by atoms with Gasteiger partial charge in [-0.2, -0.15) is 0 Å². The van der Waals surface area contributed by atoms with E-state index in [0.717, 1.165) is 35.2 Å². The lowest BCUT2D eigenvalue weighted by molar-refractivity contribution is -0.0766. The van der Waals surface area contributed by atoms with Crippen LogP contribution < -0.4 is 9.78 Å². The molecule has 0 radical (unpaired) electrons. The lowest BCUT2D eigenvalue weighted by atomic mass is 10.00. The molecule has 2 aliphatic heterocycles. The smallest absolute Gasteiger partial charge is 0.338 e. The average Bonchev–Trinajstić information content (AvgIpc) is 3.49. The second-order valence-electron chi connectivity index (χ2n) is 19.6. The quantitative estimate of drug-likeness (QED) is 0.00885. The molecule has 7 aromatic carbocycles. The molecule has 7 aromatic rings. The number of esters is 4. The van der Waals surface area contributed by atoms with Crippen LogP contribution in [0, 0.1) is 0 Å². The zero-order valence-electron chi connectivity index (χ0n) is 47.4. The van der Waals surface area contributed by atoms with E-state index in [-0.39, 0.29) is 32.2 Å². The van der Waals surface area contributed by atoms with Crippen molar-refractivity contribution in [2.45, 2.75) is 81.1 Å². The van der Waals surface area contributed by atoms with Crippen molar-refractivity contribution in [2.24, 2.45) is 0 Å². The van der Waals surface area contributed by atoms with Gasteiger partial charge in [0, 0.05) is 23.7 Å². The van der Waals surface area contributed by atoms with Gasteiger partial charge in [0.05, 0.1) is 77.4 Å². The van der Waals surface area contributed by atoms with E-state index in [2.05, 4.69) is 13.2 Å². The van der Waals surface area contributed by atoms with Crippen molar-refractivity contribution >= 4 is 48.0 Å². The molecule has 0 bridgehead atoms. The predicted molar refractivity (Wildman–Crippen MR) is 330 cm³/mol. The van der Waals surface area contributed by atoms with Crippen LogP contribution in [0.3, 0.4) is 0 Å². The van der Waals surface area contributed by atoms with Gasteiger partial charge in [-0.3, -0.25) is 0 Å². The highest BCUT2D eigenvalue weighted by atomic mass is 32.2. The van der Waals surface area contributed by atoms with Gasteiger partial charge >= 0.3 is 23.9 Å². The first-order valence-corrected chi connectivity index (χ1v) is 29.6. The second kappa shape index (κ2) is 35.2. The van der Waals surface area contributed by atoms with Gasteiger partial charge in [-0.25, -0.2) is 19.2 Å². The van der Waals surface area contributed by atoms with Crippen LogP contribution in [-0.2, 0) is 48.4 Å². The van der Waals surface area contributed by atoms with E-state index in [1.807, 2.05) is 84.3 Å². The molecular weight excluding hydrogens is 1150 g/mol. The maximum Gasteiger partial charge on any atom is 0.338 e. The van der Waals surface area contributed by atoms with Crippen molar-refractivity contribution < 1.29 is 75.9 Å². The summed E-state index contributed by atoms with van der Waals surface area (Å²) in [6, 6.07) is 62.3. The van der Waals surface area contributed by atoms with Crippen molar-refractivity contribution in [3.8, 4) is 11.5 Å². The number of hydrogen-bond donors (Lipinski definition) is 1. The lowest BCUT2D eigenvalue weighted by Gasteiger charge is -2.25. The first-order chi connectivity index (χ1) is 42.6. The summed E-state index contributed by atoms with van der Waals surface area (Å²) in [5.74, 6) is -1.09. The zero-order chi connectivity index (χ0) is 60.8. The number of aliphatic hydroxyl groups is 1. The third-order valence-electron chi connectivity index (χ3n) is 13.4. The number of carbonyl (C=O) groups is 4. The molecule has 16 nitrogen and oxygen atoms in total. The lowest BCUT2D eigenvalue weighted by Crippen LogP contribution is -2.34. The van der Waals surface area contributed by atoms with Crippen LogP contribution in [0.15, 0.2) is 260 Å². The molecule has 87 heavy (non-hydrogen) atoms. The summed E-state index contributed by atoms with van der Waals surface area (Å²) < 4.78 is 52.5. The molecule has 0 saturated carbocycles. The van der Waals surface area contributed by atoms with Crippen molar-refractivity contribution in [3.05, 3.63) is 287 Å². The number of aliphatic hydroxyl groups excluding tert-OH is 1. The molecular formula is C69H66O16S2. The van der Waals surface area contributed by atoms with Crippen molar-refractivity contribution in [1.82, 2.24) is 0 Å². The number of benzene rings is 7. The molecule has 0 amide bonds. The van der Waals surface area contributed by atoms with Gasteiger partial charge in [0.15, 0.2) is 11.5 Å². The molecule has 18 heteroatoms. The minimum atomic E-state index is -1.03. The molecule has 450 valence electrons. The fourth-order valence-corrected chi connectivity index (χ4v) is 10.2. The molecule has 0 aliphatic carbocycles. The molecule has 9 rings (SSSR count). The summed E-state index contributed by atoms with van der Waals surface area (Å²) in [4.78, 5) is 62.0. The molecule has 2 saturated heterocycles. The van der Waals surface area contributed by atoms with Crippen molar-refractivity contribution in [3.63, 3.8) is 0 Å². The van der Waals surface area contributed by atoms with Gasteiger partial charge in [-0.05, 0) is 102 Å². The SMILES string of the molecule is C=CC[C@@H]1O[C@H](C[C@@H](COC(=O)c2ccccc2)OC(=O)c2ccccc2)[C@H](O)C1=CSOOc1ccccc1.C=CC[C@@H]1O[C@H](C[C@@H](COC(=O)c2ccccc2)OC(=O)c2ccccc2)[C@H](OCc2ccccc2)C1=CSOOc1ccccc1. The summed E-state index contributed by atoms with van der Waals surface area (Å²) >= 11 is 1.91. The molecule has 0 spiro atoms. The van der Waals surface area contributed by atoms with Gasteiger partial charge < -0.3 is 48.0 Å². The first-order valence-electron chi connectivity index (χ1n) is 28.0. The van der Waals surface area contributed by atoms with Crippen LogP contribution in [-0.4, -0.2) is 91.0 Å². The Morgan fingerprint density at radius 3 is 1.25 bits per heavy atom. The minimum absolute atomic E-state index is 0.0822. The normalized spacial score (nSPS) is 19.3. The largest absolute Gasteiger partial charge is 0.458 e. The summed E-state index contributed by atoms with van der Waals surface area (Å²) in [5, 5.41) is 14.6. The summed E-state index contributed by atoms with van der Waals surface area (Å²) in [7, 11) is 0. The Kier molecular flexibility index (Phi) is 26.0. The van der Waals surface area contributed by atoms with Gasteiger partial charge in [0.1, 0.15) is 37.6 Å². The van der Waals surface area contributed by atoms with Gasteiger partial charge in [0.25, 0.3) is 0 Å². The summed E-state index contributed by atoms with van der Waals surface area (Å²) in [6.07, 6.45) is -0.763. The number of para-hydroxylation sites is 2. The fraction of sp³-hybridized carbons (Fsp3) is 0.217. The predicted octanol–water partition coefficient (Wildman–Crippen LogP) is 13.6. The van der Waals surface area contributed by atoms with E-state index in [1.165, 1.54) is 0 Å². The zero-order valence-corrected chi connectivity index (χ0v) is 49.0. The Morgan fingerprint density at radius 1 is 0.471 bits per heavy atom. The molecule has 0 aromatic heterocycles. The monoisotopic (exact) mass is 1210 g/mol. The number of hydrogen-bond acceptors (Lipinski definition) is 18. The molecule has 8 atom stereocenters. The first kappa shape index (κ1) is 64.4. The van der Waals surface area contributed by atoms with E-state index in [9.17, 15) is 24.3 Å². The van der Waals surface area contributed by atoms with E-state index in [4.69, 9.17) is 51.6 Å². The third-order valence-corrected chi connectivity index (χ3v) is 14.4. The molecule has 1 N–H and O–H groups in total. The second-order valence-corrected chi connectivity index (χ2v) is 20.7. The molecule has 0 unspecified atom stereocenters. The average molecular weight is 1220 g/mol. The topological polar surface area (TPSA) is 190 Å². The Labute approximate surface area is 514 Å². The highest BCUT2D eigenvalue weighted by Gasteiger charge is 2.43. The van der Waals surface area contributed by atoms with Crippen LogP contribution in [0.25, 0.3) is 0 Å². The molecule has 2 aliphatic rings. The van der Waals surface area contributed by atoms with Crippen LogP contribution >= 0.6 is 24.1 Å². The van der Waals surface area contributed by atoms with Crippen LogP contribution in [0.5, 0.6) is 11.5 Å². The fourth-order valence-electron chi connectivity index (χ4n) is 9.11. The highest BCUT2D eigenvalue weighted by Crippen LogP contribution is 2.37. The van der Waals surface area contributed by atoms with Gasteiger partial charge in [0.2, 0.25) is 0 Å². The number of ether oxygens (including phenoxy) is 7. The van der Waals surface area contributed by atoms with Crippen molar-refractivity contribution in [1.29, 1.82) is 0 Å². The standard InChI is InChI=1S/C38H36O8S.C31H30O8S/c1-2-15-34-33(27-47-46-45-31-22-13-6-14-23-31)36(41-25-28-16-7-3-8-17-28)35(44-34)24-32(43-38(40)30-20-11-5-12-21-30)26-42-37(39)29-18-9-4-10-19-29;1-2-12-27-26(21-40-39-38-24-17-10-5-11-18-24)29(32)28(37-27)19-25(36-31(34)23-15-8-4-9-16-23)20-35-30(33)22-13-6-3-7-14-22/h2-14,16-23,27,32,34-36H,1,15,24-26H2;2-11,13-18,21,25,27-29,32H,1,12,19-20H2/t32-,34-,35+,36+;25-,27-,28+,29+/m00/s1. The highest BCUT2D eigenvalue weighted by molar-refractivity contribution is 7.97. The van der Waals surface area contributed by atoms with Crippen molar-refractivity contribution in [2.75, 3.05) is 13.2 Å². The van der Waals surface area contributed by atoms with E-state index in [0.29, 0.717) is 58.8 Å². The molecule has 2 heterocycles. The van der Waals surface area contributed by atoms with Gasteiger partial charge in [-0.15, -0.1) is 21.8 Å². The van der Waals surface area contributed by atoms with Crippen LogP contribution in [0.4, 0.5) is 0 Å². The molecule has 2 fully saturated rings. The summed E-state index contributed by atoms with van der Waals surface area (Å²) in [5.41, 5.74) is 3.88. The van der Waals surface area contributed by atoms with Gasteiger partial charge in [-0.1, -0.05) is 152 Å². The van der Waals surface area contributed by atoms with E-state index >= 15 is 0 Å². The maximum absolute atomic E-state index is 13.2. The summed E-state index contributed by atoms with van der Waals surface area (Å²) in [6.45, 7) is 7.61. The van der Waals surface area contributed by atoms with Crippen LogP contribution in [0.1, 0.15) is 72.7 Å². The number of rotatable bonds is 29. The van der Waals surface area contributed by atoms with E-state index < -0.39 is 66.6 Å².